The Balaban J connectivity index is 1.71. The summed E-state index contributed by atoms with van der Waals surface area (Å²) in [5.74, 6) is -0.0754. The molecule has 34 heavy (non-hydrogen) atoms. The zero-order chi connectivity index (χ0) is 24.1. The molecule has 1 saturated heterocycles. The van der Waals surface area contributed by atoms with Gasteiger partial charge in [-0.1, -0.05) is 6.07 Å². The van der Waals surface area contributed by atoms with E-state index in [0.717, 1.165) is 74.4 Å². The van der Waals surface area contributed by atoms with Crippen LogP contribution in [0.5, 0.6) is 0 Å². The summed E-state index contributed by atoms with van der Waals surface area (Å²) in [6.07, 6.45) is 5.07. The third kappa shape index (κ3) is 5.36. The Morgan fingerprint density at radius 3 is 2.68 bits per heavy atom. The molecule has 0 saturated carbocycles. The highest BCUT2D eigenvalue weighted by Crippen LogP contribution is 2.31. The number of nitrogens with one attached hydrogen (secondary N) is 2. The number of benzene rings is 1. The number of carbonyl (C=O) groups excluding carboxylic acids is 1. The summed E-state index contributed by atoms with van der Waals surface area (Å²) >= 11 is 0. The number of hydrogen-bond donors (Lipinski definition) is 3. The highest BCUT2D eigenvalue weighted by atomic mass is 16.5. The molecule has 2 aromatic rings. The summed E-state index contributed by atoms with van der Waals surface area (Å²) in [5, 5.41) is 13.1. The molecule has 3 heterocycles. The number of pyridine rings is 1. The number of aromatic nitrogens is 1. The number of fused-ring (bicyclic) bond motifs is 2. The molecule has 7 nitrogen and oxygen atoms in total. The van der Waals surface area contributed by atoms with E-state index in [1.54, 1.807) is 0 Å². The average Bonchev–Trinajstić information content (AvgIpc) is 2.83. The van der Waals surface area contributed by atoms with Gasteiger partial charge in [-0.25, -0.2) is 0 Å². The maximum absolute atomic E-state index is 13.4. The normalized spacial score (nSPS) is 19.9. The molecule has 1 unspecified atom stereocenters. The minimum atomic E-state index is -0.172. The number of H-pyrrole nitrogens is 1. The number of hydrogen-bond acceptors (Lipinski definition) is 5. The van der Waals surface area contributed by atoms with Gasteiger partial charge < -0.3 is 25.0 Å². The first kappa shape index (κ1) is 24.5. The fourth-order valence-corrected chi connectivity index (χ4v) is 5.50. The molecule has 184 valence electrons. The van der Waals surface area contributed by atoms with Crippen molar-refractivity contribution in [1.29, 1.82) is 0 Å². The first-order valence-electron chi connectivity index (χ1n) is 12.6. The molecule has 0 radical (unpaired) electrons. The van der Waals surface area contributed by atoms with Crippen molar-refractivity contribution in [2.75, 3.05) is 31.3 Å². The Labute approximate surface area is 201 Å². The summed E-state index contributed by atoms with van der Waals surface area (Å²) in [6.45, 7) is 6.67. The Hall–Kier alpha value is -2.64. The molecule has 1 amide bonds. The van der Waals surface area contributed by atoms with Gasteiger partial charge in [-0.2, -0.15) is 0 Å². The van der Waals surface area contributed by atoms with Crippen LogP contribution in [-0.4, -0.2) is 48.4 Å². The lowest BCUT2D eigenvalue weighted by Gasteiger charge is -2.37. The Kier molecular flexibility index (Phi) is 8.06. The summed E-state index contributed by atoms with van der Waals surface area (Å²) in [7, 11) is 0. The molecule has 1 aromatic heterocycles. The van der Waals surface area contributed by atoms with Crippen LogP contribution < -0.4 is 15.8 Å². The van der Waals surface area contributed by atoms with Crippen LogP contribution in [0, 0.1) is 12.8 Å². The number of anilines is 1. The first-order chi connectivity index (χ1) is 16.5. The van der Waals surface area contributed by atoms with Crippen molar-refractivity contribution in [2.45, 2.75) is 65.0 Å². The Morgan fingerprint density at radius 1 is 1.15 bits per heavy atom. The van der Waals surface area contributed by atoms with Gasteiger partial charge in [0.2, 0.25) is 0 Å². The highest BCUT2D eigenvalue weighted by Gasteiger charge is 2.26. The molecule has 0 aliphatic carbocycles. The number of aliphatic hydroxyl groups excluding tert-OH is 1. The average molecular weight is 468 g/mol. The fraction of sp³-hybridized carbons (Fsp3) is 0.556. The Morgan fingerprint density at radius 2 is 1.94 bits per heavy atom. The maximum atomic E-state index is 13.4. The van der Waals surface area contributed by atoms with Crippen LogP contribution in [-0.2, 0) is 24.1 Å². The van der Waals surface area contributed by atoms with Crippen LogP contribution in [0.2, 0.25) is 0 Å². The van der Waals surface area contributed by atoms with E-state index in [9.17, 15) is 14.7 Å². The molecule has 2 aliphatic heterocycles. The SMILES string of the molecule is CCN(c1cccc2c1CCCC(CO)Cc1cc(C)[nH]c(=O)c1CNC2=O)C1CCOCC1. The largest absolute Gasteiger partial charge is 0.396 e. The number of amides is 1. The third-order valence-electron chi connectivity index (χ3n) is 7.27. The second kappa shape index (κ2) is 11.2. The van der Waals surface area contributed by atoms with Gasteiger partial charge in [-0.15, -0.1) is 0 Å². The van der Waals surface area contributed by atoms with Gasteiger partial charge >= 0.3 is 0 Å². The maximum Gasteiger partial charge on any atom is 0.253 e. The van der Waals surface area contributed by atoms with Crippen molar-refractivity contribution in [1.82, 2.24) is 10.3 Å². The summed E-state index contributed by atoms with van der Waals surface area (Å²) in [5.41, 5.74) is 4.96. The van der Waals surface area contributed by atoms with Crippen LogP contribution >= 0.6 is 0 Å². The molecule has 4 rings (SSSR count). The van der Waals surface area contributed by atoms with Crippen LogP contribution in [0.1, 0.15) is 65.3 Å². The topological polar surface area (TPSA) is 94.7 Å². The molecule has 1 fully saturated rings. The van der Waals surface area contributed by atoms with Crippen molar-refractivity contribution in [3.05, 3.63) is 62.6 Å². The summed E-state index contributed by atoms with van der Waals surface area (Å²) < 4.78 is 5.58. The highest BCUT2D eigenvalue weighted by molar-refractivity contribution is 5.97. The zero-order valence-electron chi connectivity index (χ0n) is 20.4. The van der Waals surface area contributed by atoms with Gasteiger partial charge in [0.15, 0.2) is 0 Å². The van der Waals surface area contributed by atoms with Crippen molar-refractivity contribution in [3.8, 4) is 0 Å². The molecular formula is C27H37N3O4. The lowest BCUT2D eigenvalue weighted by Crippen LogP contribution is -2.40. The second-order valence-corrected chi connectivity index (χ2v) is 9.55. The van der Waals surface area contributed by atoms with Crippen LogP contribution in [0.15, 0.2) is 29.1 Å². The lowest BCUT2D eigenvalue weighted by atomic mass is 9.89. The van der Waals surface area contributed by atoms with E-state index in [1.165, 1.54) is 0 Å². The van der Waals surface area contributed by atoms with Gasteiger partial charge in [0, 0.05) is 61.5 Å². The number of rotatable bonds is 4. The monoisotopic (exact) mass is 467 g/mol. The van der Waals surface area contributed by atoms with Crippen molar-refractivity contribution < 1.29 is 14.6 Å². The van der Waals surface area contributed by atoms with Gasteiger partial charge in [-0.05, 0) is 87.6 Å². The molecular weight excluding hydrogens is 430 g/mol. The predicted molar refractivity (Wildman–Crippen MR) is 133 cm³/mol. The molecule has 0 bridgehead atoms. The standard InChI is InChI=1S/C27H37N3O4/c1-3-30(21-10-12-34-13-11-21)25-9-5-8-23-22(25)7-4-6-19(17-31)15-20-14-18(2)29-27(33)24(20)16-28-26(23)32/h5,8-9,14,19,21,31H,3-4,6-7,10-13,15-17H2,1-2H3,(H,28,32)(H,29,33). The smallest absolute Gasteiger partial charge is 0.253 e. The van der Waals surface area contributed by atoms with E-state index in [0.29, 0.717) is 23.6 Å². The number of nitrogens with zero attached hydrogens (tertiary/aromatic N) is 1. The summed E-state index contributed by atoms with van der Waals surface area (Å²) in [4.78, 5) is 31.4. The summed E-state index contributed by atoms with van der Waals surface area (Å²) in [6, 6.07) is 8.34. The molecule has 1 aromatic carbocycles. The lowest BCUT2D eigenvalue weighted by molar-refractivity contribution is 0.0845. The van der Waals surface area contributed by atoms with Crippen molar-refractivity contribution in [3.63, 3.8) is 0 Å². The molecule has 3 N–H and O–H groups in total. The number of aliphatic hydroxyl groups is 1. The van der Waals surface area contributed by atoms with Gasteiger partial charge in [0.05, 0.1) is 0 Å². The number of ether oxygens (including phenoxy) is 1. The van der Waals surface area contributed by atoms with Crippen molar-refractivity contribution >= 4 is 11.6 Å². The van der Waals surface area contributed by atoms with Gasteiger partial charge in [-0.3, -0.25) is 9.59 Å². The van der Waals surface area contributed by atoms with Gasteiger partial charge in [0.25, 0.3) is 11.5 Å². The van der Waals surface area contributed by atoms with Crippen LogP contribution in [0.25, 0.3) is 0 Å². The Bertz CT molecular complexity index is 1060. The van der Waals surface area contributed by atoms with E-state index >= 15 is 0 Å². The van der Waals surface area contributed by atoms with Crippen molar-refractivity contribution in [2.24, 2.45) is 5.92 Å². The predicted octanol–water partition coefficient (Wildman–Crippen LogP) is 3.11. The number of aromatic amines is 1. The zero-order valence-corrected chi connectivity index (χ0v) is 20.4. The number of aryl methyl sites for hydroxylation is 1. The minimum Gasteiger partial charge on any atom is -0.396 e. The van der Waals surface area contributed by atoms with E-state index < -0.39 is 0 Å². The molecule has 1 atom stereocenters. The van der Waals surface area contributed by atoms with E-state index in [2.05, 4.69) is 28.2 Å². The second-order valence-electron chi connectivity index (χ2n) is 9.55. The quantitative estimate of drug-likeness (QED) is 0.642. The first-order valence-corrected chi connectivity index (χ1v) is 12.6. The van der Waals surface area contributed by atoms with E-state index in [1.807, 2.05) is 25.1 Å². The molecule has 7 heteroatoms. The van der Waals surface area contributed by atoms with Crippen LogP contribution in [0.3, 0.4) is 0 Å². The molecule has 2 aliphatic rings. The number of carbonyl (C=O) groups is 1. The van der Waals surface area contributed by atoms with E-state index in [4.69, 9.17) is 4.74 Å². The third-order valence-corrected chi connectivity index (χ3v) is 7.27. The van der Waals surface area contributed by atoms with Crippen LogP contribution in [0.4, 0.5) is 5.69 Å². The minimum absolute atomic E-state index is 0.0726. The van der Waals surface area contributed by atoms with E-state index in [-0.39, 0.29) is 30.5 Å². The molecule has 0 spiro atoms. The fourth-order valence-electron chi connectivity index (χ4n) is 5.50. The van der Waals surface area contributed by atoms with Gasteiger partial charge in [0.1, 0.15) is 0 Å².